The van der Waals surface area contributed by atoms with Gasteiger partial charge in [0.2, 0.25) is 0 Å². The van der Waals surface area contributed by atoms with E-state index in [2.05, 4.69) is 0 Å². The summed E-state index contributed by atoms with van der Waals surface area (Å²) in [4.78, 5) is 0.291. The largest absolute Gasteiger partial charge is 0.493 e. The Kier molecular flexibility index (Phi) is 4.21. The third kappa shape index (κ3) is 3.46. The number of anilines is 1. The van der Waals surface area contributed by atoms with Crippen LogP contribution in [0.25, 0.3) is 10.8 Å². The van der Waals surface area contributed by atoms with Crippen molar-refractivity contribution in [2.45, 2.75) is 4.90 Å². The Morgan fingerprint density at radius 3 is 2.48 bits per heavy atom. The molecule has 3 aromatic carbocycles. The van der Waals surface area contributed by atoms with Crippen molar-refractivity contribution < 1.29 is 13.2 Å². The molecule has 0 radical (unpaired) electrons. The number of hydrogen-bond acceptors (Lipinski definition) is 4. The quantitative estimate of drug-likeness (QED) is 0.730. The van der Waals surface area contributed by atoms with E-state index in [1.165, 1.54) is 0 Å². The fraction of sp³-hybridized carbons (Fsp3) is 0.111. The van der Waals surface area contributed by atoms with Crippen LogP contribution in [0.1, 0.15) is 0 Å². The van der Waals surface area contributed by atoms with Crippen LogP contribution in [0, 0.1) is 0 Å². The van der Waals surface area contributed by atoms with Crippen LogP contribution in [0.3, 0.4) is 0 Å². The summed E-state index contributed by atoms with van der Waals surface area (Å²) in [7, 11) is -3.45. The molecular weight excluding hydrogens is 310 g/mol. The molecule has 0 atom stereocenters. The topological polar surface area (TPSA) is 69.4 Å². The highest BCUT2D eigenvalue weighted by atomic mass is 32.2. The van der Waals surface area contributed by atoms with E-state index in [4.69, 9.17) is 10.5 Å². The Labute approximate surface area is 135 Å². The summed E-state index contributed by atoms with van der Waals surface area (Å²) in [5, 5.41) is 1.50. The number of nitrogens with two attached hydrogens (primary N) is 1. The molecule has 3 rings (SSSR count). The molecule has 0 aliphatic heterocycles. The van der Waals surface area contributed by atoms with Crippen LogP contribution in [0.5, 0.6) is 5.75 Å². The zero-order valence-electron chi connectivity index (χ0n) is 12.5. The Morgan fingerprint density at radius 1 is 0.913 bits per heavy atom. The van der Waals surface area contributed by atoms with Gasteiger partial charge in [-0.2, -0.15) is 0 Å². The van der Waals surface area contributed by atoms with Gasteiger partial charge < -0.3 is 10.5 Å². The van der Waals surface area contributed by atoms with Gasteiger partial charge in [0.05, 0.1) is 10.6 Å². The molecule has 0 unspecified atom stereocenters. The van der Waals surface area contributed by atoms with Crippen molar-refractivity contribution in [1.29, 1.82) is 0 Å². The molecule has 0 aliphatic rings. The lowest BCUT2D eigenvalue weighted by molar-refractivity contribution is 0.341. The van der Waals surface area contributed by atoms with Gasteiger partial charge in [-0.3, -0.25) is 0 Å². The van der Waals surface area contributed by atoms with E-state index in [0.717, 1.165) is 5.39 Å². The van der Waals surface area contributed by atoms with Gasteiger partial charge in [-0.05, 0) is 35.7 Å². The minimum absolute atomic E-state index is 0.0875. The van der Waals surface area contributed by atoms with E-state index < -0.39 is 9.84 Å². The predicted octanol–water partition coefficient (Wildman–Crippen LogP) is 3.27. The smallest absolute Gasteiger partial charge is 0.182 e. The lowest BCUT2D eigenvalue weighted by Crippen LogP contribution is -2.14. The first-order valence-electron chi connectivity index (χ1n) is 7.25. The number of para-hydroxylation sites is 1. The molecule has 0 fully saturated rings. The number of fused-ring (bicyclic) bond motifs is 1. The number of rotatable bonds is 5. The predicted molar refractivity (Wildman–Crippen MR) is 92.4 cm³/mol. The minimum atomic E-state index is -3.45. The van der Waals surface area contributed by atoms with Gasteiger partial charge in [0, 0.05) is 11.1 Å². The number of nitrogen functional groups attached to an aromatic ring is 1. The first-order chi connectivity index (χ1) is 11.1. The third-order valence-electron chi connectivity index (χ3n) is 3.57. The lowest BCUT2D eigenvalue weighted by Gasteiger charge is -2.10. The molecule has 5 heteroatoms. The van der Waals surface area contributed by atoms with Gasteiger partial charge in [-0.15, -0.1) is 0 Å². The number of benzene rings is 3. The van der Waals surface area contributed by atoms with Gasteiger partial charge >= 0.3 is 0 Å². The summed E-state index contributed by atoms with van der Waals surface area (Å²) < 4.78 is 30.7. The van der Waals surface area contributed by atoms with Crippen LogP contribution >= 0.6 is 0 Å². The van der Waals surface area contributed by atoms with Crippen molar-refractivity contribution >= 4 is 26.3 Å². The Bertz CT molecular complexity index is 921. The van der Waals surface area contributed by atoms with Crippen LogP contribution in [0.4, 0.5) is 5.69 Å². The summed E-state index contributed by atoms with van der Waals surface area (Å²) in [5.74, 6) is 0.570. The number of ether oxygens (including phenoxy) is 1. The Hall–Kier alpha value is -2.53. The molecule has 0 saturated heterocycles. The van der Waals surface area contributed by atoms with Crippen LogP contribution in [0.15, 0.2) is 71.6 Å². The lowest BCUT2D eigenvalue weighted by atomic mass is 10.1. The molecule has 0 aliphatic carbocycles. The molecule has 0 saturated carbocycles. The highest BCUT2D eigenvalue weighted by Gasteiger charge is 2.17. The second-order valence-corrected chi connectivity index (χ2v) is 7.29. The summed E-state index contributed by atoms with van der Waals surface area (Å²) >= 11 is 0. The van der Waals surface area contributed by atoms with Gasteiger partial charge in [0.1, 0.15) is 12.4 Å². The van der Waals surface area contributed by atoms with Gasteiger partial charge in [-0.1, -0.05) is 36.4 Å². The standard InChI is InChI=1S/C18H17NO3S/c19-15-10-9-14-5-4-8-18(17(14)13-15)23(20,21)12-11-22-16-6-2-1-3-7-16/h1-10,13H,11-12,19H2. The van der Waals surface area contributed by atoms with Crippen LogP contribution in [0.2, 0.25) is 0 Å². The SMILES string of the molecule is Nc1ccc2cccc(S(=O)(=O)CCOc3ccccc3)c2c1. The molecule has 2 N–H and O–H groups in total. The van der Waals surface area contributed by atoms with Crippen LogP contribution < -0.4 is 10.5 Å². The average Bonchev–Trinajstić information content (AvgIpc) is 2.55. The summed E-state index contributed by atoms with van der Waals surface area (Å²) in [6.45, 7) is 0.102. The zero-order chi connectivity index (χ0) is 16.3. The van der Waals surface area contributed by atoms with E-state index in [1.54, 1.807) is 36.4 Å². The molecule has 118 valence electrons. The number of hydrogen-bond donors (Lipinski definition) is 1. The summed E-state index contributed by atoms with van der Waals surface area (Å²) in [6, 6.07) is 19.7. The Morgan fingerprint density at radius 2 is 1.70 bits per heavy atom. The van der Waals surface area contributed by atoms with Crippen molar-refractivity contribution in [3.63, 3.8) is 0 Å². The fourth-order valence-electron chi connectivity index (χ4n) is 2.43. The first kappa shape index (κ1) is 15.4. The zero-order valence-corrected chi connectivity index (χ0v) is 13.3. The van der Waals surface area contributed by atoms with Gasteiger partial charge in [0.15, 0.2) is 9.84 Å². The van der Waals surface area contributed by atoms with Crippen molar-refractivity contribution in [3.8, 4) is 5.75 Å². The second-order valence-electron chi connectivity index (χ2n) is 5.22. The summed E-state index contributed by atoms with van der Waals surface area (Å²) in [6.07, 6.45) is 0. The third-order valence-corrected chi connectivity index (χ3v) is 5.30. The van der Waals surface area contributed by atoms with Crippen LogP contribution in [-0.2, 0) is 9.84 Å². The molecule has 3 aromatic rings. The Balaban J connectivity index is 1.84. The van der Waals surface area contributed by atoms with E-state index in [9.17, 15) is 8.42 Å². The van der Waals surface area contributed by atoms with E-state index in [1.807, 2.05) is 30.3 Å². The van der Waals surface area contributed by atoms with E-state index in [-0.39, 0.29) is 12.4 Å². The monoisotopic (exact) mass is 327 g/mol. The molecule has 0 heterocycles. The fourth-order valence-corrected chi connectivity index (χ4v) is 3.75. The van der Waals surface area contributed by atoms with Gasteiger partial charge in [-0.25, -0.2) is 8.42 Å². The molecular formula is C18H17NO3S. The second kappa shape index (κ2) is 6.30. The maximum atomic E-state index is 12.6. The average molecular weight is 327 g/mol. The van der Waals surface area contributed by atoms with Crippen molar-refractivity contribution in [2.24, 2.45) is 0 Å². The maximum absolute atomic E-state index is 12.6. The molecule has 0 spiro atoms. The molecule has 4 nitrogen and oxygen atoms in total. The first-order valence-corrected chi connectivity index (χ1v) is 8.90. The molecule has 0 bridgehead atoms. The normalized spacial score (nSPS) is 11.5. The van der Waals surface area contributed by atoms with E-state index in [0.29, 0.717) is 21.7 Å². The van der Waals surface area contributed by atoms with Crippen LogP contribution in [-0.4, -0.2) is 20.8 Å². The highest BCUT2D eigenvalue weighted by molar-refractivity contribution is 7.91. The van der Waals surface area contributed by atoms with Crippen molar-refractivity contribution in [1.82, 2.24) is 0 Å². The highest BCUT2D eigenvalue weighted by Crippen LogP contribution is 2.26. The molecule has 0 aromatic heterocycles. The van der Waals surface area contributed by atoms with Crippen molar-refractivity contribution in [3.05, 3.63) is 66.7 Å². The number of sulfone groups is 1. The maximum Gasteiger partial charge on any atom is 0.182 e. The minimum Gasteiger partial charge on any atom is -0.493 e. The van der Waals surface area contributed by atoms with E-state index >= 15 is 0 Å². The van der Waals surface area contributed by atoms with Gasteiger partial charge in [0.25, 0.3) is 0 Å². The van der Waals surface area contributed by atoms with Crippen molar-refractivity contribution in [2.75, 3.05) is 18.1 Å². The molecule has 0 amide bonds. The summed E-state index contributed by atoms with van der Waals surface area (Å²) in [5.41, 5.74) is 6.33. The molecule has 23 heavy (non-hydrogen) atoms.